The highest BCUT2D eigenvalue weighted by atomic mass is 15.1. The summed E-state index contributed by atoms with van der Waals surface area (Å²) in [4.78, 5) is 4.18. The highest BCUT2D eigenvalue weighted by Crippen LogP contribution is 2.39. The van der Waals surface area contributed by atoms with Crippen LogP contribution in [0.4, 0.5) is 0 Å². The molecule has 0 aliphatic heterocycles. The van der Waals surface area contributed by atoms with E-state index in [0.29, 0.717) is 12.6 Å². The molecule has 3 nitrogen and oxygen atoms in total. The van der Waals surface area contributed by atoms with E-state index >= 15 is 0 Å². The summed E-state index contributed by atoms with van der Waals surface area (Å²) < 4.78 is 2.28. The van der Waals surface area contributed by atoms with Gasteiger partial charge in [-0.3, -0.25) is 0 Å². The molecule has 0 bridgehead atoms. The van der Waals surface area contributed by atoms with Crippen molar-refractivity contribution in [3.8, 4) is 0 Å². The highest BCUT2D eigenvalue weighted by Gasteiger charge is 2.29. The molecule has 3 heteroatoms. The van der Waals surface area contributed by atoms with Crippen LogP contribution in [0.15, 0.2) is 12.5 Å². The maximum absolute atomic E-state index is 5.54. The van der Waals surface area contributed by atoms with Gasteiger partial charge < -0.3 is 10.3 Å². The first kappa shape index (κ1) is 8.75. The van der Waals surface area contributed by atoms with E-state index in [-0.39, 0.29) is 0 Å². The minimum atomic E-state index is 0.615. The molecule has 0 radical (unpaired) electrons. The zero-order valence-electron chi connectivity index (χ0n) is 8.11. The van der Waals surface area contributed by atoms with Gasteiger partial charge in [0, 0.05) is 24.4 Å². The summed E-state index contributed by atoms with van der Waals surface area (Å²) in [6.45, 7) is 2.99. The minimum Gasteiger partial charge on any atom is -0.332 e. The van der Waals surface area contributed by atoms with E-state index < -0.39 is 0 Å². The number of rotatable bonds is 4. The standard InChI is InChI=1S/C10H17N3/c1-8(9-2-3-9)13-7-12-6-10(13)4-5-11/h6-9H,2-5,11H2,1H3. The molecule has 1 atom stereocenters. The fourth-order valence-corrected chi connectivity index (χ4v) is 1.85. The first-order valence-corrected chi connectivity index (χ1v) is 5.03. The monoisotopic (exact) mass is 179 g/mol. The van der Waals surface area contributed by atoms with Crippen LogP contribution in [0.5, 0.6) is 0 Å². The highest BCUT2D eigenvalue weighted by molar-refractivity contribution is 5.02. The molecule has 1 fully saturated rings. The van der Waals surface area contributed by atoms with Gasteiger partial charge in [0.1, 0.15) is 0 Å². The maximum Gasteiger partial charge on any atom is 0.0950 e. The Hall–Kier alpha value is -0.830. The van der Waals surface area contributed by atoms with Gasteiger partial charge in [0.2, 0.25) is 0 Å². The molecule has 1 aliphatic carbocycles. The molecule has 2 N–H and O–H groups in total. The molecule has 1 unspecified atom stereocenters. The number of nitrogens with two attached hydrogens (primary N) is 1. The zero-order valence-corrected chi connectivity index (χ0v) is 8.11. The van der Waals surface area contributed by atoms with Gasteiger partial charge in [0.25, 0.3) is 0 Å². The van der Waals surface area contributed by atoms with Gasteiger partial charge in [-0.1, -0.05) is 0 Å². The molecular weight excluding hydrogens is 162 g/mol. The van der Waals surface area contributed by atoms with E-state index in [9.17, 15) is 0 Å². The third-order valence-corrected chi connectivity index (χ3v) is 2.89. The normalized spacial score (nSPS) is 18.9. The zero-order chi connectivity index (χ0) is 9.26. The van der Waals surface area contributed by atoms with Crippen LogP contribution in [-0.2, 0) is 6.42 Å². The molecule has 1 saturated carbocycles. The van der Waals surface area contributed by atoms with Crippen LogP contribution in [0, 0.1) is 5.92 Å². The summed E-state index contributed by atoms with van der Waals surface area (Å²) in [6, 6.07) is 0.615. The van der Waals surface area contributed by atoms with Gasteiger partial charge in [-0.2, -0.15) is 0 Å². The molecule has 72 valence electrons. The van der Waals surface area contributed by atoms with Gasteiger partial charge >= 0.3 is 0 Å². The number of hydrogen-bond acceptors (Lipinski definition) is 2. The van der Waals surface area contributed by atoms with Crippen molar-refractivity contribution in [3.63, 3.8) is 0 Å². The van der Waals surface area contributed by atoms with E-state index in [4.69, 9.17) is 5.73 Å². The van der Waals surface area contributed by atoms with Crippen molar-refractivity contribution < 1.29 is 0 Å². The van der Waals surface area contributed by atoms with Crippen molar-refractivity contribution in [3.05, 3.63) is 18.2 Å². The molecule has 0 aromatic carbocycles. The average Bonchev–Trinajstić information content (AvgIpc) is 2.87. The van der Waals surface area contributed by atoms with E-state index in [1.165, 1.54) is 18.5 Å². The first-order valence-electron chi connectivity index (χ1n) is 5.03. The van der Waals surface area contributed by atoms with Crippen LogP contribution < -0.4 is 5.73 Å². The van der Waals surface area contributed by atoms with Crippen LogP contribution in [0.3, 0.4) is 0 Å². The van der Waals surface area contributed by atoms with Crippen molar-refractivity contribution in [2.24, 2.45) is 11.7 Å². The summed E-state index contributed by atoms with van der Waals surface area (Å²) in [6.07, 6.45) is 7.57. The van der Waals surface area contributed by atoms with Gasteiger partial charge in [-0.25, -0.2) is 4.98 Å². The van der Waals surface area contributed by atoms with Crippen LogP contribution in [0.2, 0.25) is 0 Å². The van der Waals surface area contributed by atoms with E-state index in [1.807, 2.05) is 12.5 Å². The number of imidazole rings is 1. The first-order chi connectivity index (χ1) is 6.33. The average molecular weight is 179 g/mol. The fraction of sp³-hybridized carbons (Fsp3) is 0.700. The number of nitrogens with zero attached hydrogens (tertiary/aromatic N) is 2. The summed E-state index contributed by atoms with van der Waals surface area (Å²) in [5.41, 5.74) is 6.82. The molecule has 13 heavy (non-hydrogen) atoms. The molecule has 1 aromatic heterocycles. The van der Waals surface area contributed by atoms with Crippen molar-refractivity contribution in [2.75, 3.05) is 6.54 Å². The maximum atomic E-state index is 5.54. The van der Waals surface area contributed by atoms with E-state index in [0.717, 1.165) is 12.3 Å². The molecule has 0 spiro atoms. The predicted octanol–water partition coefficient (Wildman–Crippen LogP) is 1.36. The quantitative estimate of drug-likeness (QED) is 0.758. The predicted molar refractivity (Wildman–Crippen MR) is 52.4 cm³/mol. The minimum absolute atomic E-state index is 0.615. The van der Waals surface area contributed by atoms with Crippen LogP contribution in [0.25, 0.3) is 0 Å². The molecule has 0 amide bonds. The Labute approximate surface area is 79.0 Å². The van der Waals surface area contributed by atoms with Gasteiger partial charge in [0.05, 0.1) is 6.33 Å². The van der Waals surface area contributed by atoms with E-state index in [2.05, 4.69) is 16.5 Å². The molecule has 1 aliphatic rings. The van der Waals surface area contributed by atoms with Crippen molar-refractivity contribution in [2.45, 2.75) is 32.2 Å². The third kappa shape index (κ3) is 1.75. The number of hydrogen-bond donors (Lipinski definition) is 1. The van der Waals surface area contributed by atoms with Crippen molar-refractivity contribution in [1.29, 1.82) is 0 Å². The lowest BCUT2D eigenvalue weighted by Crippen LogP contribution is -2.12. The fourth-order valence-electron chi connectivity index (χ4n) is 1.85. The Kier molecular flexibility index (Phi) is 2.36. The second-order valence-electron chi connectivity index (χ2n) is 3.91. The lowest BCUT2D eigenvalue weighted by atomic mass is 10.2. The smallest absolute Gasteiger partial charge is 0.0950 e. The van der Waals surface area contributed by atoms with Crippen molar-refractivity contribution >= 4 is 0 Å². The Morgan fingerprint density at radius 1 is 1.69 bits per heavy atom. The van der Waals surface area contributed by atoms with Crippen LogP contribution >= 0.6 is 0 Å². The molecule has 2 rings (SSSR count). The Morgan fingerprint density at radius 2 is 2.46 bits per heavy atom. The Bertz CT molecular complexity index is 275. The Morgan fingerprint density at radius 3 is 3.08 bits per heavy atom. The second-order valence-corrected chi connectivity index (χ2v) is 3.91. The largest absolute Gasteiger partial charge is 0.332 e. The lowest BCUT2D eigenvalue weighted by Gasteiger charge is -2.15. The van der Waals surface area contributed by atoms with Crippen LogP contribution in [0.1, 0.15) is 31.5 Å². The summed E-state index contributed by atoms with van der Waals surface area (Å²) in [5.74, 6) is 0.880. The van der Waals surface area contributed by atoms with Gasteiger partial charge in [-0.15, -0.1) is 0 Å². The SMILES string of the molecule is CC(C1CC1)n1cncc1CCN. The number of aromatic nitrogens is 2. The molecular formula is C10H17N3. The Balaban J connectivity index is 2.12. The van der Waals surface area contributed by atoms with Gasteiger partial charge in [0.15, 0.2) is 0 Å². The molecule has 1 heterocycles. The third-order valence-electron chi connectivity index (χ3n) is 2.89. The summed E-state index contributed by atoms with van der Waals surface area (Å²) >= 11 is 0. The van der Waals surface area contributed by atoms with Gasteiger partial charge in [-0.05, 0) is 32.2 Å². The topological polar surface area (TPSA) is 43.8 Å². The molecule has 1 aromatic rings. The van der Waals surface area contributed by atoms with E-state index in [1.54, 1.807) is 0 Å². The lowest BCUT2D eigenvalue weighted by molar-refractivity contribution is 0.470. The second kappa shape index (κ2) is 3.50. The van der Waals surface area contributed by atoms with Crippen molar-refractivity contribution in [1.82, 2.24) is 9.55 Å². The summed E-state index contributed by atoms with van der Waals surface area (Å²) in [5, 5.41) is 0. The molecule has 0 saturated heterocycles. The van der Waals surface area contributed by atoms with Crippen LogP contribution in [-0.4, -0.2) is 16.1 Å². The summed E-state index contributed by atoms with van der Waals surface area (Å²) in [7, 11) is 0.